The monoisotopic (exact) mass is 430 g/mol. The van der Waals surface area contributed by atoms with E-state index in [-0.39, 0.29) is 28.2 Å². The number of likely N-dealkylation sites (tertiary alicyclic amines) is 1. The molecular formula is C20H19FN4O4S. The highest BCUT2D eigenvalue weighted by atomic mass is 32.2. The molecule has 1 aliphatic rings. The van der Waals surface area contributed by atoms with Crippen LogP contribution in [0.25, 0.3) is 11.4 Å². The number of halogens is 1. The number of hydrogen-bond donors (Lipinski definition) is 1. The Kier molecular flexibility index (Phi) is 5.25. The normalized spacial score (nSPS) is 14.1. The van der Waals surface area contributed by atoms with Gasteiger partial charge in [-0.25, -0.2) is 12.8 Å². The van der Waals surface area contributed by atoms with Crippen molar-refractivity contribution in [1.82, 2.24) is 15.0 Å². The molecule has 0 bridgehead atoms. The summed E-state index contributed by atoms with van der Waals surface area (Å²) in [4.78, 5) is 18.2. The van der Waals surface area contributed by atoms with Gasteiger partial charge < -0.3 is 9.42 Å². The van der Waals surface area contributed by atoms with Gasteiger partial charge in [-0.15, -0.1) is 0 Å². The summed E-state index contributed by atoms with van der Waals surface area (Å²) in [5, 5.41) is 3.83. The number of aromatic nitrogens is 2. The second-order valence-corrected chi connectivity index (χ2v) is 8.67. The van der Waals surface area contributed by atoms with Crippen LogP contribution in [0.5, 0.6) is 0 Å². The minimum Gasteiger partial charge on any atom is -0.334 e. The van der Waals surface area contributed by atoms with Crippen molar-refractivity contribution in [3.63, 3.8) is 0 Å². The van der Waals surface area contributed by atoms with Gasteiger partial charge in [0.05, 0.1) is 10.6 Å². The molecule has 1 fully saturated rings. The molecule has 3 aromatic rings. The summed E-state index contributed by atoms with van der Waals surface area (Å²) < 4.78 is 46.5. The highest BCUT2D eigenvalue weighted by Gasteiger charge is 2.26. The van der Waals surface area contributed by atoms with Crippen LogP contribution in [0.4, 0.5) is 10.1 Å². The van der Waals surface area contributed by atoms with Gasteiger partial charge in [0.1, 0.15) is 5.82 Å². The minimum atomic E-state index is -3.99. The Morgan fingerprint density at radius 2 is 1.93 bits per heavy atom. The van der Waals surface area contributed by atoms with Crippen molar-refractivity contribution in [2.45, 2.75) is 24.7 Å². The molecule has 10 heteroatoms. The predicted molar refractivity (Wildman–Crippen MR) is 107 cm³/mol. The van der Waals surface area contributed by atoms with E-state index in [1.54, 1.807) is 24.0 Å². The van der Waals surface area contributed by atoms with E-state index in [1.807, 2.05) is 0 Å². The molecule has 2 aromatic carbocycles. The van der Waals surface area contributed by atoms with Gasteiger partial charge in [-0.3, -0.25) is 9.52 Å². The molecule has 1 amide bonds. The fourth-order valence-corrected chi connectivity index (χ4v) is 4.60. The van der Waals surface area contributed by atoms with E-state index in [9.17, 15) is 17.6 Å². The first-order valence-electron chi connectivity index (χ1n) is 9.36. The molecule has 8 nitrogen and oxygen atoms in total. The Hall–Kier alpha value is -3.27. The zero-order chi connectivity index (χ0) is 21.3. The molecule has 2 heterocycles. The Balaban J connectivity index is 1.63. The molecule has 0 aliphatic carbocycles. The fraction of sp³-hybridized carbons (Fsp3) is 0.250. The van der Waals surface area contributed by atoms with Gasteiger partial charge in [-0.2, -0.15) is 4.98 Å². The van der Waals surface area contributed by atoms with E-state index in [4.69, 9.17) is 4.52 Å². The second kappa shape index (κ2) is 7.86. The average Bonchev–Trinajstić information content (AvgIpc) is 3.40. The molecule has 1 aliphatic heterocycles. The van der Waals surface area contributed by atoms with Crippen molar-refractivity contribution < 1.29 is 22.1 Å². The van der Waals surface area contributed by atoms with Gasteiger partial charge in [0.15, 0.2) is 0 Å². The molecule has 1 aromatic heterocycles. The Morgan fingerprint density at radius 3 is 2.67 bits per heavy atom. The maximum atomic E-state index is 13.4. The van der Waals surface area contributed by atoms with Gasteiger partial charge in [0.2, 0.25) is 5.82 Å². The number of amides is 1. The third-order valence-electron chi connectivity index (χ3n) is 4.81. The molecule has 1 N–H and O–H groups in total. The zero-order valence-electron chi connectivity index (χ0n) is 16.1. The Labute approximate surface area is 172 Å². The molecule has 0 radical (unpaired) electrons. The molecule has 1 saturated heterocycles. The van der Waals surface area contributed by atoms with Crippen LogP contribution in [0, 0.1) is 12.7 Å². The van der Waals surface area contributed by atoms with Crippen LogP contribution in [-0.2, 0) is 10.0 Å². The lowest BCUT2D eigenvalue weighted by atomic mass is 10.1. The summed E-state index contributed by atoms with van der Waals surface area (Å²) in [5.41, 5.74) is 0.974. The Morgan fingerprint density at radius 1 is 1.17 bits per heavy atom. The molecule has 0 saturated carbocycles. The zero-order valence-corrected chi connectivity index (χ0v) is 16.9. The van der Waals surface area contributed by atoms with E-state index >= 15 is 0 Å². The van der Waals surface area contributed by atoms with Crippen molar-refractivity contribution in [3.8, 4) is 11.4 Å². The van der Waals surface area contributed by atoms with Crippen LogP contribution in [0.15, 0.2) is 51.9 Å². The van der Waals surface area contributed by atoms with Gasteiger partial charge in [-0.1, -0.05) is 23.4 Å². The average molecular weight is 430 g/mol. The van der Waals surface area contributed by atoms with Gasteiger partial charge in [-0.05, 0) is 49.6 Å². The smallest absolute Gasteiger partial charge is 0.316 e. The van der Waals surface area contributed by atoms with Crippen molar-refractivity contribution in [2.75, 3.05) is 17.8 Å². The third kappa shape index (κ3) is 4.04. The number of anilines is 1. The second-order valence-electron chi connectivity index (χ2n) is 7.02. The summed E-state index contributed by atoms with van der Waals surface area (Å²) in [7, 11) is -3.99. The third-order valence-corrected chi connectivity index (χ3v) is 6.34. The SMILES string of the molecule is Cc1ccc(-c2noc(C(=O)N3CCCC3)n2)cc1S(=O)(=O)Nc1cccc(F)c1. The number of sulfonamides is 1. The first-order valence-corrected chi connectivity index (χ1v) is 10.8. The molecule has 0 atom stereocenters. The van der Waals surface area contributed by atoms with Crippen LogP contribution in [-0.4, -0.2) is 42.5 Å². The molecular weight excluding hydrogens is 411 g/mol. The molecule has 30 heavy (non-hydrogen) atoms. The molecule has 0 spiro atoms. The predicted octanol–water partition coefficient (Wildman–Crippen LogP) is 3.22. The van der Waals surface area contributed by atoms with Crippen molar-refractivity contribution >= 4 is 21.6 Å². The maximum absolute atomic E-state index is 13.4. The summed E-state index contributed by atoms with van der Waals surface area (Å²) >= 11 is 0. The Bertz CT molecular complexity index is 1200. The van der Waals surface area contributed by atoms with E-state index in [2.05, 4.69) is 14.9 Å². The maximum Gasteiger partial charge on any atom is 0.316 e. The number of aryl methyl sites for hydroxylation is 1. The number of carbonyl (C=O) groups is 1. The van der Waals surface area contributed by atoms with Crippen LogP contribution in [0.3, 0.4) is 0 Å². The summed E-state index contributed by atoms with van der Waals surface area (Å²) in [6.45, 7) is 2.94. The first-order chi connectivity index (χ1) is 14.3. The van der Waals surface area contributed by atoms with Crippen LogP contribution in [0.1, 0.15) is 29.1 Å². The van der Waals surface area contributed by atoms with Crippen molar-refractivity contribution in [2.24, 2.45) is 0 Å². The number of nitrogens with zero attached hydrogens (tertiary/aromatic N) is 3. The first kappa shape index (κ1) is 20.0. The lowest BCUT2D eigenvalue weighted by molar-refractivity contribution is 0.0743. The highest BCUT2D eigenvalue weighted by molar-refractivity contribution is 7.92. The van der Waals surface area contributed by atoms with Gasteiger partial charge in [0, 0.05) is 18.7 Å². The molecule has 0 unspecified atom stereocenters. The number of hydrogen-bond acceptors (Lipinski definition) is 6. The summed E-state index contributed by atoms with van der Waals surface area (Å²) in [6.07, 6.45) is 1.87. The quantitative estimate of drug-likeness (QED) is 0.666. The lowest BCUT2D eigenvalue weighted by Gasteiger charge is -2.11. The standard InChI is InChI=1S/C20H19FN4O4S/c1-13-7-8-14(18-22-19(29-23-18)20(26)25-9-2-3-10-25)11-17(13)30(27,28)24-16-6-4-5-15(21)12-16/h4-8,11-12,24H,2-3,9-10H2,1H3. The lowest BCUT2D eigenvalue weighted by Crippen LogP contribution is -2.27. The largest absolute Gasteiger partial charge is 0.334 e. The molecule has 4 rings (SSSR count). The fourth-order valence-electron chi connectivity index (χ4n) is 3.27. The van der Waals surface area contributed by atoms with Gasteiger partial charge >= 0.3 is 11.8 Å². The summed E-state index contributed by atoms with van der Waals surface area (Å²) in [6, 6.07) is 9.82. The number of benzene rings is 2. The topological polar surface area (TPSA) is 105 Å². The van der Waals surface area contributed by atoms with E-state index in [1.165, 1.54) is 24.3 Å². The van der Waals surface area contributed by atoms with Crippen LogP contribution < -0.4 is 4.72 Å². The van der Waals surface area contributed by atoms with Crippen LogP contribution >= 0.6 is 0 Å². The van der Waals surface area contributed by atoms with E-state index in [0.29, 0.717) is 24.2 Å². The van der Waals surface area contributed by atoms with Crippen molar-refractivity contribution in [1.29, 1.82) is 0 Å². The van der Waals surface area contributed by atoms with Gasteiger partial charge in [0.25, 0.3) is 10.0 Å². The number of nitrogens with one attached hydrogen (secondary N) is 1. The van der Waals surface area contributed by atoms with E-state index in [0.717, 1.165) is 18.9 Å². The van der Waals surface area contributed by atoms with Crippen molar-refractivity contribution in [3.05, 3.63) is 59.7 Å². The number of carbonyl (C=O) groups excluding carboxylic acids is 1. The number of rotatable bonds is 5. The molecule has 156 valence electrons. The van der Waals surface area contributed by atoms with E-state index < -0.39 is 15.8 Å². The highest BCUT2D eigenvalue weighted by Crippen LogP contribution is 2.26. The minimum absolute atomic E-state index is 0.0125. The van der Waals surface area contributed by atoms with Crippen LogP contribution in [0.2, 0.25) is 0 Å². The summed E-state index contributed by atoms with van der Waals surface area (Å²) in [5.74, 6) is -0.906.